The van der Waals surface area contributed by atoms with E-state index in [1.807, 2.05) is 6.92 Å². The van der Waals surface area contributed by atoms with Crippen LogP contribution in [0.25, 0.3) is 10.9 Å². The van der Waals surface area contributed by atoms with Crippen LogP contribution in [0.5, 0.6) is 0 Å². The molecule has 0 spiro atoms. The van der Waals surface area contributed by atoms with Crippen LogP contribution in [0.3, 0.4) is 0 Å². The quantitative estimate of drug-likeness (QED) is 0.127. The maximum absolute atomic E-state index is 13.7. The van der Waals surface area contributed by atoms with Gasteiger partial charge in [-0.2, -0.15) is 4.31 Å². The van der Waals surface area contributed by atoms with Crippen molar-refractivity contribution in [3.63, 3.8) is 0 Å². The molecular weight excluding hydrogens is 596 g/mol. The highest BCUT2D eigenvalue weighted by Crippen LogP contribution is 2.28. The van der Waals surface area contributed by atoms with Crippen LogP contribution < -0.4 is 16.4 Å². The molecule has 1 saturated heterocycles. The number of aromatic nitrogens is 2. The van der Waals surface area contributed by atoms with Gasteiger partial charge in [0.2, 0.25) is 5.91 Å². The highest BCUT2D eigenvalue weighted by Gasteiger charge is 2.39. The number of amides is 2. The molecule has 1 fully saturated rings. The second-order valence-electron chi connectivity index (χ2n) is 10.5. The lowest BCUT2D eigenvalue weighted by Gasteiger charge is -2.40. The predicted octanol–water partition coefficient (Wildman–Crippen LogP) is 0.527. The Kier molecular flexibility index (Phi) is 8.82. The number of nitrogen functional groups attached to an aromatic ring is 1. The van der Waals surface area contributed by atoms with Crippen molar-refractivity contribution in [1.82, 2.24) is 29.8 Å². The van der Waals surface area contributed by atoms with E-state index in [0.29, 0.717) is 34.4 Å². The monoisotopic (exact) mass is 630 g/mol. The van der Waals surface area contributed by atoms with Crippen molar-refractivity contribution in [2.24, 2.45) is 5.73 Å². The molecule has 14 nitrogen and oxygen atoms in total. The zero-order valence-electron chi connectivity index (χ0n) is 23.8. The number of H-pyrrole nitrogens is 1. The number of hydrogen-bond acceptors (Lipinski definition) is 10. The van der Waals surface area contributed by atoms with Crippen LogP contribution in [-0.4, -0.2) is 96.1 Å². The summed E-state index contributed by atoms with van der Waals surface area (Å²) in [6.07, 6.45) is 0.471. The lowest BCUT2D eigenvalue weighted by Crippen LogP contribution is -2.57. The number of benzene rings is 1. The van der Waals surface area contributed by atoms with Crippen molar-refractivity contribution in [1.29, 1.82) is 5.41 Å². The highest BCUT2D eigenvalue weighted by atomic mass is 32.2. The number of nitrogens with one attached hydrogen (secondary N) is 4. The van der Waals surface area contributed by atoms with Crippen molar-refractivity contribution in [2.45, 2.75) is 50.3 Å². The van der Waals surface area contributed by atoms with Crippen molar-refractivity contribution >= 4 is 55.9 Å². The van der Waals surface area contributed by atoms with Gasteiger partial charge in [-0.15, -0.1) is 11.3 Å². The van der Waals surface area contributed by atoms with Gasteiger partial charge in [0.15, 0.2) is 5.01 Å². The number of sulfonamides is 1. The number of nitrogens with two attached hydrogens (primary N) is 1. The molecule has 0 bridgehead atoms. The van der Waals surface area contributed by atoms with Gasteiger partial charge in [0.05, 0.1) is 18.3 Å². The highest BCUT2D eigenvalue weighted by molar-refractivity contribution is 7.89. The number of carbonyl (C=O) groups is 3. The lowest BCUT2D eigenvalue weighted by molar-refractivity contribution is -0.143. The molecule has 16 heteroatoms. The normalized spacial score (nSPS) is 19.2. The average Bonchev–Trinajstić information content (AvgIpc) is 3.60. The van der Waals surface area contributed by atoms with E-state index in [0.717, 1.165) is 10.6 Å². The fraction of sp³-hybridized carbons (Fsp3) is 0.444. The molecule has 2 aliphatic heterocycles. The molecule has 4 heterocycles. The van der Waals surface area contributed by atoms with Crippen LogP contribution in [0.4, 0.5) is 0 Å². The first-order valence-electron chi connectivity index (χ1n) is 13.9. The van der Waals surface area contributed by atoms with Crippen LogP contribution in [-0.2, 0) is 37.3 Å². The number of ether oxygens (including phenoxy) is 1. The van der Waals surface area contributed by atoms with Gasteiger partial charge in [-0.25, -0.2) is 13.4 Å². The van der Waals surface area contributed by atoms with E-state index in [4.69, 9.17) is 15.9 Å². The van der Waals surface area contributed by atoms with Gasteiger partial charge in [0.25, 0.3) is 15.9 Å². The number of hydrogen-bond donors (Lipinski definition) is 5. The molecule has 0 radical (unpaired) electrons. The molecule has 5 rings (SSSR count). The van der Waals surface area contributed by atoms with Crippen LogP contribution in [0, 0.1) is 5.41 Å². The molecule has 2 atom stereocenters. The number of rotatable bonds is 9. The molecular formula is C27H34N8O6S2. The fourth-order valence-corrected chi connectivity index (χ4v) is 7.71. The van der Waals surface area contributed by atoms with Crippen LogP contribution in [0.1, 0.15) is 46.2 Å². The van der Waals surface area contributed by atoms with Crippen LogP contribution >= 0.6 is 11.3 Å². The molecule has 2 aliphatic rings. The standard InChI is InChI=1S/C27H34N8O6S2/c1-3-41-24(37)13-31-22(36)11-18-14-34(43(39,40)23-10-16-4-5-17(25(28)29)9-19(16)32-23)6-7-35(18)27(38)26-33-20-8-15(2)30-12-21(20)42-26/h4-5,9-10,15,18,30,32H,3,6-8,11-14H2,1-2H3,(H3,28,29)(H,31,36). The van der Waals surface area contributed by atoms with Crippen molar-refractivity contribution in [3.8, 4) is 0 Å². The number of esters is 1. The number of carbonyl (C=O) groups excluding carboxylic acids is 3. The van der Waals surface area contributed by atoms with Gasteiger partial charge in [0, 0.05) is 66.4 Å². The summed E-state index contributed by atoms with van der Waals surface area (Å²) in [6, 6.07) is 5.84. The Balaban J connectivity index is 1.38. The zero-order chi connectivity index (χ0) is 30.9. The first-order valence-corrected chi connectivity index (χ1v) is 16.1. The third-order valence-electron chi connectivity index (χ3n) is 7.46. The summed E-state index contributed by atoms with van der Waals surface area (Å²) in [6.45, 7) is 4.06. The van der Waals surface area contributed by atoms with E-state index in [1.165, 1.54) is 26.6 Å². The molecule has 0 saturated carbocycles. The summed E-state index contributed by atoms with van der Waals surface area (Å²) in [5, 5.41) is 14.4. The third kappa shape index (κ3) is 6.56. The Bertz CT molecular complexity index is 1680. The minimum Gasteiger partial charge on any atom is -0.465 e. The van der Waals surface area contributed by atoms with E-state index < -0.39 is 27.9 Å². The molecule has 2 amide bonds. The second-order valence-corrected chi connectivity index (χ2v) is 13.5. The maximum atomic E-state index is 13.7. The number of piperazine rings is 1. The minimum absolute atomic E-state index is 0.00670. The van der Waals surface area contributed by atoms with E-state index in [2.05, 4.69) is 20.6 Å². The Morgan fingerprint density at radius 3 is 2.79 bits per heavy atom. The van der Waals surface area contributed by atoms with Crippen molar-refractivity contribution < 1.29 is 27.5 Å². The molecule has 230 valence electrons. The summed E-state index contributed by atoms with van der Waals surface area (Å²) in [5.41, 5.74) is 7.41. The molecule has 0 aliphatic carbocycles. The Labute approximate surface area is 252 Å². The lowest BCUT2D eigenvalue weighted by atomic mass is 10.1. The summed E-state index contributed by atoms with van der Waals surface area (Å²) < 4.78 is 33.6. The van der Waals surface area contributed by atoms with Crippen LogP contribution in [0.2, 0.25) is 0 Å². The van der Waals surface area contributed by atoms with Gasteiger partial charge in [0.1, 0.15) is 17.4 Å². The molecule has 3 aromatic rings. The average molecular weight is 631 g/mol. The van der Waals surface area contributed by atoms with E-state index >= 15 is 0 Å². The number of nitrogens with zero attached hydrogens (tertiary/aromatic N) is 3. The van der Waals surface area contributed by atoms with Crippen molar-refractivity contribution in [3.05, 3.63) is 45.4 Å². The smallest absolute Gasteiger partial charge is 0.325 e. The largest absolute Gasteiger partial charge is 0.465 e. The summed E-state index contributed by atoms with van der Waals surface area (Å²) in [7, 11) is -4.05. The van der Waals surface area contributed by atoms with E-state index in [1.54, 1.807) is 25.1 Å². The maximum Gasteiger partial charge on any atom is 0.325 e. The number of aromatic amines is 1. The number of thiazole rings is 1. The molecule has 6 N–H and O–H groups in total. The van der Waals surface area contributed by atoms with Crippen molar-refractivity contribution in [2.75, 3.05) is 32.8 Å². The second kappa shape index (κ2) is 12.4. The first kappa shape index (κ1) is 30.6. The SMILES string of the molecule is CCOC(=O)CNC(=O)CC1CN(S(=O)(=O)c2cc3ccc(C(=N)N)cc3[nH]2)CCN1C(=O)c1nc2c(s1)CNC(C)C2. The van der Waals surface area contributed by atoms with Gasteiger partial charge in [-0.3, -0.25) is 19.8 Å². The zero-order valence-corrected chi connectivity index (χ0v) is 25.4. The topological polar surface area (TPSA) is 204 Å². The van der Waals surface area contributed by atoms with E-state index in [-0.39, 0.29) is 62.0 Å². The van der Waals surface area contributed by atoms with Gasteiger partial charge < -0.3 is 31.0 Å². The van der Waals surface area contributed by atoms with Gasteiger partial charge >= 0.3 is 5.97 Å². The predicted molar refractivity (Wildman–Crippen MR) is 159 cm³/mol. The Hall–Kier alpha value is -3.86. The third-order valence-corrected chi connectivity index (χ3v) is 10.3. The fourth-order valence-electron chi connectivity index (χ4n) is 5.23. The first-order chi connectivity index (χ1) is 20.5. The van der Waals surface area contributed by atoms with Gasteiger partial charge in [-0.05, 0) is 26.0 Å². The molecule has 2 aromatic heterocycles. The van der Waals surface area contributed by atoms with Crippen LogP contribution in [0.15, 0.2) is 29.3 Å². The van der Waals surface area contributed by atoms with Gasteiger partial charge in [-0.1, -0.05) is 12.1 Å². The number of fused-ring (bicyclic) bond motifs is 2. The Morgan fingerprint density at radius 2 is 2.05 bits per heavy atom. The Morgan fingerprint density at radius 1 is 1.26 bits per heavy atom. The summed E-state index contributed by atoms with van der Waals surface area (Å²) in [4.78, 5) is 48.3. The molecule has 2 unspecified atom stereocenters. The molecule has 1 aromatic carbocycles. The number of amidine groups is 1. The molecule has 43 heavy (non-hydrogen) atoms. The minimum atomic E-state index is -4.05. The van der Waals surface area contributed by atoms with E-state index in [9.17, 15) is 22.8 Å². The summed E-state index contributed by atoms with van der Waals surface area (Å²) in [5.74, 6) is -1.62. The summed E-state index contributed by atoms with van der Waals surface area (Å²) >= 11 is 1.30.